The maximum Gasteiger partial charge on any atom is 0.150 e. The quantitative estimate of drug-likeness (QED) is 0.498. The van der Waals surface area contributed by atoms with Crippen molar-refractivity contribution in [2.45, 2.75) is 13.0 Å². The van der Waals surface area contributed by atoms with Gasteiger partial charge in [-0.25, -0.2) is 0 Å². The summed E-state index contributed by atoms with van der Waals surface area (Å²) < 4.78 is 0. The average molecular weight is 99.1 g/mol. The first-order valence-corrected chi connectivity index (χ1v) is 2.07. The lowest BCUT2D eigenvalue weighted by atomic mass is 10.2. The molecule has 0 aromatic rings. The van der Waals surface area contributed by atoms with E-state index in [0.29, 0.717) is 0 Å². The van der Waals surface area contributed by atoms with Gasteiger partial charge in [-0.2, -0.15) is 0 Å². The second kappa shape index (κ2) is 2.53. The molecule has 0 spiro atoms. The van der Waals surface area contributed by atoms with Crippen LogP contribution in [-0.2, 0) is 4.79 Å². The molecule has 2 N–H and O–H groups in total. The Kier molecular flexibility index (Phi) is 2.30. The minimum atomic E-state index is -0.472. The van der Waals surface area contributed by atoms with Gasteiger partial charge in [0.1, 0.15) is 5.78 Å². The fourth-order valence-electron chi connectivity index (χ4n) is 0.166. The number of ketones is 1. The van der Waals surface area contributed by atoms with E-state index >= 15 is 0 Å². The Morgan fingerprint density at radius 3 is 2.43 bits per heavy atom. The molecule has 0 unspecified atom stereocenters. The van der Waals surface area contributed by atoms with Gasteiger partial charge >= 0.3 is 0 Å². The van der Waals surface area contributed by atoms with Gasteiger partial charge in [0.25, 0.3) is 0 Å². The third-order valence-electron chi connectivity index (χ3n) is 0.723. The Hall–Kier alpha value is -0.630. The maximum absolute atomic E-state index is 10.2. The molecule has 0 aromatic heterocycles. The van der Waals surface area contributed by atoms with E-state index < -0.39 is 6.04 Å². The Morgan fingerprint density at radius 2 is 2.43 bits per heavy atom. The Labute approximate surface area is 43.0 Å². The number of carbonyl (C=O) groups is 1. The van der Waals surface area contributed by atoms with E-state index in [-0.39, 0.29) is 5.78 Å². The molecule has 7 heavy (non-hydrogen) atoms. The normalized spacial score (nSPS) is 12.9. The molecule has 0 radical (unpaired) electrons. The molecule has 0 aromatic carbocycles. The van der Waals surface area contributed by atoms with Gasteiger partial charge in [0.05, 0.1) is 6.04 Å². The molecule has 40 valence electrons. The lowest BCUT2D eigenvalue weighted by molar-refractivity contribution is -0.117. The van der Waals surface area contributed by atoms with Crippen LogP contribution in [0.2, 0.25) is 0 Å². The zero-order valence-corrected chi connectivity index (χ0v) is 4.35. The zero-order chi connectivity index (χ0) is 5.86. The molecule has 0 aliphatic carbocycles. The molecule has 0 heterocycles. The first kappa shape index (κ1) is 6.37. The molecule has 0 saturated heterocycles. The van der Waals surface area contributed by atoms with Gasteiger partial charge in [0.15, 0.2) is 0 Å². The van der Waals surface area contributed by atoms with Crippen LogP contribution >= 0.6 is 0 Å². The van der Waals surface area contributed by atoms with Crippen molar-refractivity contribution in [2.24, 2.45) is 5.73 Å². The van der Waals surface area contributed by atoms with E-state index in [0.717, 1.165) is 0 Å². The molecule has 0 fully saturated rings. The van der Waals surface area contributed by atoms with Gasteiger partial charge in [-0.05, 0) is 6.92 Å². The van der Waals surface area contributed by atoms with Crippen LogP contribution in [0.1, 0.15) is 6.92 Å². The Morgan fingerprint density at radius 1 is 2.00 bits per heavy atom. The summed E-state index contributed by atoms with van der Waals surface area (Å²) in [6.45, 7) is 4.77. The number of rotatable bonds is 2. The highest BCUT2D eigenvalue weighted by atomic mass is 16.1. The van der Waals surface area contributed by atoms with E-state index in [4.69, 9.17) is 5.73 Å². The van der Waals surface area contributed by atoms with Gasteiger partial charge in [-0.1, -0.05) is 6.08 Å². The number of hydrogen-bond donors (Lipinski definition) is 1. The summed E-state index contributed by atoms with van der Waals surface area (Å²) in [5, 5.41) is 0. The molecule has 2 heteroatoms. The van der Waals surface area contributed by atoms with Crippen LogP contribution < -0.4 is 5.73 Å². The van der Waals surface area contributed by atoms with Crippen LogP contribution in [0.3, 0.4) is 0 Å². The van der Waals surface area contributed by atoms with Crippen molar-refractivity contribution in [1.82, 2.24) is 0 Å². The van der Waals surface area contributed by atoms with E-state index in [2.05, 4.69) is 6.58 Å². The molecular weight excluding hydrogens is 90.1 g/mol. The van der Waals surface area contributed by atoms with Crippen molar-refractivity contribution in [1.29, 1.82) is 0 Å². The summed E-state index contributed by atoms with van der Waals surface area (Å²) in [6.07, 6.45) is 1.42. The number of Topliss-reactive ketones (excluding diaryl/α,β-unsaturated/α-hetero) is 1. The van der Waals surface area contributed by atoms with Crippen molar-refractivity contribution < 1.29 is 4.79 Å². The standard InChI is InChI=1S/C5H9NO/c1-3-5(6)4(2)7/h3,5H,1,6H2,2H3/t5-/m0/s1. The molecule has 0 bridgehead atoms. The number of hydrogen-bond acceptors (Lipinski definition) is 2. The fourth-order valence-corrected chi connectivity index (χ4v) is 0.166. The predicted molar refractivity (Wildman–Crippen MR) is 28.9 cm³/mol. The van der Waals surface area contributed by atoms with Gasteiger partial charge in [0, 0.05) is 0 Å². The minimum absolute atomic E-state index is 0.0463. The third-order valence-corrected chi connectivity index (χ3v) is 0.723. The molecule has 0 aliphatic heterocycles. The van der Waals surface area contributed by atoms with Crippen molar-refractivity contribution in [2.75, 3.05) is 0 Å². The largest absolute Gasteiger partial charge is 0.318 e. The smallest absolute Gasteiger partial charge is 0.150 e. The van der Waals surface area contributed by atoms with Crippen LogP contribution in [0.15, 0.2) is 12.7 Å². The summed E-state index contributed by atoms with van der Waals surface area (Å²) in [7, 11) is 0. The van der Waals surface area contributed by atoms with Crippen LogP contribution in [-0.4, -0.2) is 11.8 Å². The van der Waals surface area contributed by atoms with Gasteiger partial charge in [-0.3, -0.25) is 4.79 Å². The molecule has 1 atom stereocenters. The monoisotopic (exact) mass is 99.1 g/mol. The number of nitrogens with two attached hydrogens (primary N) is 1. The molecular formula is C5H9NO. The third kappa shape index (κ3) is 2.11. The lowest BCUT2D eigenvalue weighted by Crippen LogP contribution is -2.24. The van der Waals surface area contributed by atoms with Crippen molar-refractivity contribution in [3.63, 3.8) is 0 Å². The molecule has 2 nitrogen and oxygen atoms in total. The van der Waals surface area contributed by atoms with Crippen LogP contribution in [0.5, 0.6) is 0 Å². The van der Waals surface area contributed by atoms with Crippen molar-refractivity contribution >= 4 is 5.78 Å². The highest BCUT2D eigenvalue weighted by molar-refractivity contribution is 5.82. The summed E-state index contributed by atoms with van der Waals surface area (Å²) in [4.78, 5) is 10.2. The van der Waals surface area contributed by atoms with Gasteiger partial charge < -0.3 is 5.73 Å². The molecule has 0 aliphatic rings. The Bertz CT molecular complexity index is 88.1. The summed E-state index contributed by atoms with van der Waals surface area (Å²) in [5.74, 6) is -0.0463. The van der Waals surface area contributed by atoms with E-state index in [1.165, 1.54) is 13.0 Å². The molecule has 0 rings (SSSR count). The summed E-state index contributed by atoms with van der Waals surface area (Å²) in [6, 6.07) is -0.472. The maximum atomic E-state index is 10.2. The first-order chi connectivity index (χ1) is 3.18. The summed E-state index contributed by atoms with van der Waals surface area (Å²) in [5.41, 5.74) is 5.15. The van der Waals surface area contributed by atoms with Crippen LogP contribution in [0, 0.1) is 0 Å². The van der Waals surface area contributed by atoms with Crippen LogP contribution in [0.25, 0.3) is 0 Å². The topological polar surface area (TPSA) is 43.1 Å². The Balaban J connectivity index is 3.55. The van der Waals surface area contributed by atoms with Crippen LogP contribution in [0.4, 0.5) is 0 Å². The zero-order valence-electron chi connectivity index (χ0n) is 4.35. The summed E-state index contributed by atoms with van der Waals surface area (Å²) >= 11 is 0. The number of carbonyl (C=O) groups excluding carboxylic acids is 1. The van der Waals surface area contributed by atoms with E-state index in [9.17, 15) is 4.79 Å². The van der Waals surface area contributed by atoms with Gasteiger partial charge in [0.2, 0.25) is 0 Å². The highest BCUT2D eigenvalue weighted by Crippen LogP contribution is 1.77. The molecule has 0 amide bonds. The second-order valence-corrected chi connectivity index (χ2v) is 1.37. The van der Waals surface area contributed by atoms with Gasteiger partial charge in [-0.15, -0.1) is 6.58 Å². The fraction of sp³-hybridized carbons (Fsp3) is 0.400. The SMILES string of the molecule is C=C[C@H](N)C(C)=O. The average Bonchev–Trinajstić information content (AvgIpc) is 1.65. The highest BCUT2D eigenvalue weighted by Gasteiger charge is 1.98. The second-order valence-electron chi connectivity index (χ2n) is 1.37. The van der Waals surface area contributed by atoms with E-state index in [1.807, 2.05) is 0 Å². The van der Waals surface area contributed by atoms with Crippen molar-refractivity contribution in [3.05, 3.63) is 12.7 Å². The van der Waals surface area contributed by atoms with Crippen molar-refractivity contribution in [3.8, 4) is 0 Å². The van der Waals surface area contributed by atoms with E-state index in [1.54, 1.807) is 0 Å². The lowest BCUT2D eigenvalue weighted by Gasteiger charge is -1.94. The molecule has 0 saturated carbocycles. The predicted octanol–water partition coefficient (Wildman–Crippen LogP) is 0.0887. The minimum Gasteiger partial charge on any atom is -0.318 e. The first-order valence-electron chi connectivity index (χ1n) is 2.07.